The second-order valence-electron chi connectivity index (χ2n) is 9.81. The molecule has 1 aromatic carbocycles. The van der Waals surface area contributed by atoms with Gasteiger partial charge < -0.3 is 19.8 Å². The van der Waals surface area contributed by atoms with Crippen molar-refractivity contribution >= 4 is 29.5 Å². The minimum atomic E-state index is -4.58. The molecular formula is C24H28ClF4N3O4. The summed E-state index contributed by atoms with van der Waals surface area (Å²) < 4.78 is 54.2. The summed E-state index contributed by atoms with van der Waals surface area (Å²) in [5.74, 6) is -2.74. The number of benzene rings is 1. The molecule has 2 aliphatic heterocycles. The molecule has 0 radical (unpaired) electrons. The van der Waals surface area contributed by atoms with Gasteiger partial charge in [-0.3, -0.25) is 9.59 Å². The van der Waals surface area contributed by atoms with Gasteiger partial charge in [-0.1, -0.05) is 17.7 Å². The van der Waals surface area contributed by atoms with Gasteiger partial charge >= 0.3 is 12.3 Å². The molecule has 0 bridgehead atoms. The van der Waals surface area contributed by atoms with Crippen LogP contribution >= 0.6 is 11.6 Å². The zero-order chi connectivity index (χ0) is 26.4. The number of likely N-dealkylation sites (N-methyl/N-ethyl adjacent to an activating group) is 1. The van der Waals surface area contributed by atoms with Gasteiger partial charge in [0.1, 0.15) is 11.2 Å². The molecule has 12 heteroatoms. The molecule has 3 fully saturated rings. The first-order chi connectivity index (χ1) is 16.9. The number of hydrogen-bond acceptors (Lipinski definition) is 3. The molecule has 7 nitrogen and oxygen atoms in total. The predicted molar refractivity (Wildman–Crippen MR) is 122 cm³/mol. The van der Waals surface area contributed by atoms with Crippen molar-refractivity contribution in [2.24, 2.45) is 11.3 Å². The summed E-state index contributed by atoms with van der Waals surface area (Å²) in [7, 11) is 0. The topological polar surface area (TPSA) is 81.2 Å². The predicted octanol–water partition coefficient (Wildman–Crippen LogP) is 4.35. The van der Waals surface area contributed by atoms with Crippen LogP contribution in [0.5, 0.6) is 0 Å². The molecule has 0 spiro atoms. The van der Waals surface area contributed by atoms with Crippen LogP contribution in [0.3, 0.4) is 0 Å². The number of rotatable bonds is 5. The third kappa shape index (κ3) is 4.73. The summed E-state index contributed by atoms with van der Waals surface area (Å²) in [6.07, 6.45) is -5.66. The number of piperidine rings is 1. The highest BCUT2D eigenvalue weighted by molar-refractivity contribution is 6.30. The molecule has 2 saturated heterocycles. The Kier molecular flexibility index (Phi) is 7.15. The first-order valence-corrected chi connectivity index (χ1v) is 12.4. The zero-order valence-corrected chi connectivity index (χ0v) is 20.5. The van der Waals surface area contributed by atoms with E-state index in [1.807, 2.05) is 0 Å². The molecule has 1 N–H and O–H groups in total. The third-order valence-corrected chi connectivity index (χ3v) is 8.10. The Morgan fingerprint density at radius 1 is 1.14 bits per heavy atom. The van der Waals surface area contributed by atoms with Crippen LogP contribution in [0.15, 0.2) is 18.2 Å². The molecule has 198 valence electrons. The minimum Gasteiger partial charge on any atom is -0.465 e. The zero-order valence-electron chi connectivity index (χ0n) is 19.7. The lowest BCUT2D eigenvalue weighted by molar-refractivity contribution is -0.199. The standard InChI is InChI=1S/C24H28ClF4N3O4/c1-2-32(22(35)36)19-13-31(12-16(19)15-3-4-17(25)18(26)11-15)20(33)14-5-9-30(10-6-14)21(34)23(7-8-23)24(27,28)29/h3-4,11,14,16,19H,2,5-10,12-13H2,1H3,(H,35,36)/t16-,19+/m0/s1. The Balaban J connectivity index is 1.45. The van der Waals surface area contributed by atoms with E-state index in [2.05, 4.69) is 0 Å². The van der Waals surface area contributed by atoms with Crippen molar-refractivity contribution in [2.45, 2.75) is 50.7 Å². The molecule has 2 heterocycles. The smallest absolute Gasteiger partial charge is 0.407 e. The number of carbonyl (C=O) groups is 3. The van der Waals surface area contributed by atoms with Crippen LogP contribution < -0.4 is 0 Å². The Morgan fingerprint density at radius 3 is 2.28 bits per heavy atom. The third-order valence-electron chi connectivity index (χ3n) is 7.79. The molecule has 36 heavy (non-hydrogen) atoms. The van der Waals surface area contributed by atoms with Gasteiger partial charge in [0.2, 0.25) is 11.8 Å². The summed E-state index contributed by atoms with van der Waals surface area (Å²) in [4.78, 5) is 41.7. The van der Waals surface area contributed by atoms with Gasteiger partial charge in [0.25, 0.3) is 0 Å². The molecule has 3 aliphatic rings. The van der Waals surface area contributed by atoms with Gasteiger partial charge in [-0.2, -0.15) is 13.2 Å². The normalized spacial score (nSPS) is 24.1. The largest absolute Gasteiger partial charge is 0.465 e. The molecule has 0 unspecified atom stereocenters. The number of halogens is 5. The van der Waals surface area contributed by atoms with Crippen LogP contribution in [0.25, 0.3) is 0 Å². The van der Waals surface area contributed by atoms with Crippen molar-refractivity contribution in [3.05, 3.63) is 34.6 Å². The van der Waals surface area contributed by atoms with E-state index in [4.69, 9.17) is 11.6 Å². The number of likely N-dealkylation sites (tertiary alicyclic amines) is 2. The molecule has 2 atom stereocenters. The first kappa shape index (κ1) is 26.5. The quantitative estimate of drug-likeness (QED) is 0.571. The van der Waals surface area contributed by atoms with Crippen LogP contribution in [0.1, 0.15) is 44.1 Å². The number of amides is 3. The van der Waals surface area contributed by atoms with Crippen molar-refractivity contribution in [1.82, 2.24) is 14.7 Å². The number of carbonyl (C=O) groups excluding carboxylic acids is 2. The van der Waals surface area contributed by atoms with Gasteiger partial charge in [0, 0.05) is 44.6 Å². The summed E-state index contributed by atoms with van der Waals surface area (Å²) in [6, 6.07) is 3.67. The molecule has 1 saturated carbocycles. The van der Waals surface area contributed by atoms with Crippen molar-refractivity contribution in [3.8, 4) is 0 Å². The van der Waals surface area contributed by atoms with Crippen molar-refractivity contribution in [1.29, 1.82) is 0 Å². The van der Waals surface area contributed by atoms with Gasteiger partial charge in [0.05, 0.1) is 11.1 Å². The highest BCUT2D eigenvalue weighted by atomic mass is 35.5. The fourth-order valence-electron chi connectivity index (χ4n) is 5.50. The number of carboxylic acid groups (broad SMARTS) is 1. The lowest BCUT2D eigenvalue weighted by Crippen LogP contribution is -2.49. The second kappa shape index (κ2) is 9.72. The lowest BCUT2D eigenvalue weighted by Gasteiger charge is -2.35. The Bertz CT molecular complexity index is 1040. The van der Waals surface area contributed by atoms with E-state index in [-0.39, 0.29) is 69.3 Å². The average molecular weight is 534 g/mol. The maximum atomic E-state index is 14.2. The Labute approximate surface area is 211 Å². The highest BCUT2D eigenvalue weighted by Gasteiger charge is 2.69. The molecule has 4 rings (SSSR count). The van der Waals surface area contributed by atoms with Crippen LogP contribution in [0.4, 0.5) is 22.4 Å². The molecule has 3 amide bonds. The summed E-state index contributed by atoms with van der Waals surface area (Å²) in [5.41, 5.74) is -1.74. The number of nitrogens with zero attached hydrogens (tertiary/aromatic N) is 3. The molecular weight excluding hydrogens is 506 g/mol. The number of hydrogen-bond donors (Lipinski definition) is 1. The summed E-state index contributed by atoms with van der Waals surface area (Å²) in [5, 5.41) is 9.63. The molecule has 1 aromatic rings. The fourth-order valence-corrected chi connectivity index (χ4v) is 5.62. The van der Waals surface area contributed by atoms with E-state index in [9.17, 15) is 37.1 Å². The second-order valence-corrected chi connectivity index (χ2v) is 10.2. The fraction of sp³-hybridized carbons (Fsp3) is 0.625. The maximum absolute atomic E-state index is 14.2. The maximum Gasteiger partial charge on any atom is 0.407 e. The number of alkyl halides is 3. The van der Waals surface area contributed by atoms with E-state index < -0.39 is 47.3 Å². The highest BCUT2D eigenvalue weighted by Crippen LogP contribution is 2.58. The van der Waals surface area contributed by atoms with Crippen molar-refractivity contribution in [2.75, 3.05) is 32.7 Å². The Morgan fingerprint density at radius 2 is 1.78 bits per heavy atom. The van der Waals surface area contributed by atoms with Crippen LogP contribution in [-0.4, -0.2) is 82.7 Å². The van der Waals surface area contributed by atoms with Crippen LogP contribution in [-0.2, 0) is 9.59 Å². The molecule has 1 aliphatic carbocycles. The lowest BCUT2D eigenvalue weighted by atomic mass is 9.93. The van der Waals surface area contributed by atoms with Crippen molar-refractivity contribution < 1.29 is 37.1 Å². The summed E-state index contributed by atoms with van der Waals surface area (Å²) in [6.45, 7) is 2.27. The SMILES string of the molecule is CCN(C(=O)O)[C@@H]1CN(C(=O)C2CCN(C(=O)C3(C(F)(F)F)CC3)CC2)C[C@H]1c1ccc(Cl)c(F)c1. The molecule has 0 aromatic heterocycles. The van der Waals surface area contributed by atoms with Gasteiger partial charge in [-0.05, 0) is 50.3 Å². The Hall–Kier alpha value is -2.56. The summed E-state index contributed by atoms with van der Waals surface area (Å²) >= 11 is 5.80. The van der Waals surface area contributed by atoms with E-state index in [1.54, 1.807) is 17.9 Å². The van der Waals surface area contributed by atoms with E-state index in [0.717, 1.165) is 0 Å². The van der Waals surface area contributed by atoms with E-state index in [0.29, 0.717) is 5.56 Å². The van der Waals surface area contributed by atoms with Gasteiger partial charge in [0.15, 0.2) is 0 Å². The monoisotopic (exact) mass is 533 g/mol. The van der Waals surface area contributed by atoms with Crippen molar-refractivity contribution in [3.63, 3.8) is 0 Å². The van der Waals surface area contributed by atoms with Crippen LogP contribution in [0, 0.1) is 17.2 Å². The van der Waals surface area contributed by atoms with E-state index >= 15 is 0 Å². The average Bonchev–Trinajstić information content (AvgIpc) is 3.55. The van der Waals surface area contributed by atoms with E-state index in [1.165, 1.54) is 21.9 Å². The minimum absolute atomic E-state index is 0.0619. The van der Waals surface area contributed by atoms with Gasteiger partial charge in [-0.25, -0.2) is 9.18 Å². The van der Waals surface area contributed by atoms with Crippen LogP contribution in [0.2, 0.25) is 5.02 Å². The van der Waals surface area contributed by atoms with Gasteiger partial charge in [-0.15, -0.1) is 0 Å². The first-order valence-electron chi connectivity index (χ1n) is 12.0.